The number of halogens is 1. The minimum Gasteiger partial charge on any atom is -0.495 e. The Bertz CT molecular complexity index is 975. The third-order valence-electron chi connectivity index (χ3n) is 3.25. The fourth-order valence-corrected chi connectivity index (χ4v) is 3.17. The summed E-state index contributed by atoms with van der Waals surface area (Å²) in [5.74, 6) is -2.47. The number of anilines is 2. The molecule has 0 aliphatic rings. The molecule has 138 valence electrons. The van der Waals surface area contributed by atoms with E-state index in [-0.39, 0.29) is 21.9 Å². The highest BCUT2D eigenvalue weighted by Crippen LogP contribution is 2.29. The van der Waals surface area contributed by atoms with Crippen LogP contribution in [0.5, 0.6) is 5.75 Å². The van der Waals surface area contributed by atoms with Crippen LogP contribution in [0.25, 0.3) is 0 Å². The van der Waals surface area contributed by atoms with Crippen molar-refractivity contribution in [2.75, 3.05) is 17.1 Å². The van der Waals surface area contributed by atoms with Crippen molar-refractivity contribution in [2.45, 2.75) is 11.8 Å². The van der Waals surface area contributed by atoms with E-state index in [2.05, 4.69) is 5.32 Å². The van der Waals surface area contributed by atoms with Gasteiger partial charge in [0.15, 0.2) is 0 Å². The zero-order valence-corrected chi connectivity index (χ0v) is 14.6. The van der Waals surface area contributed by atoms with Crippen LogP contribution in [-0.4, -0.2) is 32.5 Å². The Morgan fingerprint density at radius 3 is 2.38 bits per heavy atom. The predicted octanol–water partition coefficient (Wildman–Crippen LogP) is 2.29. The first-order valence-electron chi connectivity index (χ1n) is 7.15. The van der Waals surface area contributed by atoms with Gasteiger partial charge < -0.3 is 15.2 Å². The third kappa shape index (κ3) is 4.28. The van der Waals surface area contributed by atoms with Crippen LogP contribution < -0.4 is 14.8 Å². The van der Waals surface area contributed by atoms with Crippen molar-refractivity contribution >= 4 is 33.3 Å². The summed E-state index contributed by atoms with van der Waals surface area (Å²) >= 11 is 0. The number of ether oxygens (including phenoxy) is 1. The number of sulfonamides is 1. The molecule has 3 N–H and O–H groups in total. The summed E-state index contributed by atoms with van der Waals surface area (Å²) in [6.45, 7) is 1.24. The van der Waals surface area contributed by atoms with Gasteiger partial charge in [-0.15, -0.1) is 0 Å². The van der Waals surface area contributed by atoms with Crippen LogP contribution in [0.4, 0.5) is 15.8 Å². The van der Waals surface area contributed by atoms with Gasteiger partial charge in [0.05, 0.1) is 28.9 Å². The molecule has 0 saturated carbocycles. The summed E-state index contributed by atoms with van der Waals surface area (Å²) in [5.41, 5.74) is -0.679. The van der Waals surface area contributed by atoms with E-state index in [9.17, 15) is 22.4 Å². The van der Waals surface area contributed by atoms with Crippen molar-refractivity contribution in [1.82, 2.24) is 0 Å². The average Bonchev–Trinajstić information content (AvgIpc) is 2.55. The fourth-order valence-electron chi connectivity index (χ4n) is 2.08. The molecule has 0 heterocycles. The normalized spacial score (nSPS) is 10.9. The van der Waals surface area contributed by atoms with Gasteiger partial charge >= 0.3 is 5.97 Å². The quantitative estimate of drug-likeness (QED) is 0.705. The molecule has 0 atom stereocenters. The standard InChI is InChI=1S/C16H15FN2O6S/c1-9(20)18-14-8-11(4-6-15(14)25-2)26(23,24)19-13-7-10(16(21)22)3-5-12(13)17/h3-8,19H,1-2H3,(H,18,20)(H,21,22). The molecule has 26 heavy (non-hydrogen) atoms. The van der Waals surface area contributed by atoms with Crippen molar-refractivity contribution in [3.8, 4) is 5.75 Å². The largest absolute Gasteiger partial charge is 0.495 e. The number of rotatable bonds is 6. The van der Waals surface area contributed by atoms with E-state index in [1.165, 1.54) is 26.2 Å². The second-order valence-electron chi connectivity index (χ2n) is 5.15. The van der Waals surface area contributed by atoms with Crippen molar-refractivity contribution in [2.24, 2.45) is 0 Å². The maximum atomic E-state index is 13.9. The van der Waals surface area contributed by atoms with E-state index in [1.54, 1.807) is 0 Å². The second-order valence-corrected chi connectivity index (χ2v) is 6.83. The highest BCUT2D eigenvalue weighted by molar-refractivity contribution is 7.92. The number of hydrogen-bond acceptors (Lipinski definition) is 5. The maximum absolute atomic E-state index is 13.9. The zero-order valence-electron chi connectivity index (χ0n) is 13.7. The Morgan fingerprint density at radius 1 is 1.12 bits per heavy atom. The Labute approximate surface area is 148 Å². The molecule has 0 bridgehead atoms. The molecule has 0 fully saturated rings. The number of carbonyl (C=O) groups is 2. The molecule has 10 heteroatoms. The van der Waals surface area contributed by atoms with E-state index in [0.29, 0.717) is 0 Å². The van der Waals surface area contributed by atoms with E-state index in [4.69, 9.17) is 9.84 Å². The van der Waals surface area contributed by atoms with Gasteiger partial charge in [0, 0.05) is 6.92 Å². The van der Waals surface area contributed by atoms with Gasteiger partial charge in [-0.1, -0.05) is 0 Å². The lowest BCUT2D eigenvalue weighted by molar-refractivity contribution is -0.114. The Kier molecular flexibility index (Phi) is 5.46. The van der Waals surface area contributed by atoms with Crippen molar-refractivity contribution in [3.05, 3.63) is 47.8 Å². The first-order valence-corrected chi connectivity index (χ1v) is 8.63. The van der Waals surface area contributed by atoms with Crippen LogP contribution >= 0.6 is 0 Å². The second kappa shape index (κ2) is 7.40. The molecule has 0 unspecified atom stereocenters. The van der Waals surface area contributed by atoms with E-state index in [0.717, 1.165) is 24.3 Å². The lowest BCUT2D eigenvalue weighted by Gasteiger charge is -2.13. The van der Waals surface area contributed by atoms with Gasteiger partial charge in [0.2, 0.25) is 5.91 Å². The fraction of sp³-hybridized carbons (Fsp3) is 0.125. The monoisotopic (exact) mass is 382 g/mol. The van der Waals surface area contributed by atoms with Gasteiger partial charge in [0.25, 0.3) is 10.0 Å². The molecule has 0 radical (unpaired) electrons. The van der Waals surface area contributed by atoms with Gasteiger partial charge in [-0.2, -0.15) is 0 Å². The maximum Gasteiger partial charge on any atom is 0.335 e. The van der Waals surface area contributed by atoms with Gasteiger partial charge in [-0.3, -0.25) is 9.52 Å². The summed E-state index contributed by atoms with van der Waals surface area (Å²) in [7, 11) is -2.90. The third-order valence-corrected chi connectivity index (χ3v) is 4.61. The SMILES string of the molecule is COc1ccc(S(=O)(=O)Nc2cc(C(=O)O)ccc2F)cc1NC(C)=O. The minimum atomic E-state index is -4.25. The summed E-state index contributed by atoms with van der Waals surface area (Å²) in [4.78, 5) is 21.9. The highest BCUT2D eigenvalue weighted by atomic mass is 32.2. The molecule has 2 aromatic carbocycles. The molecule has 0 spiro atoms. The summed E-state index contributed by atoms with van der Waals surface area (Å²) < 4.78 is 45.9. The number of benzene rings is 2. The van der Waals surface area contributed by atoms with E-state index < -0.39 is 33.4 Å². The number of carboxylic acids is 1. The van der Waals surface area contributed by atoms with E-state index >= 15 is 0 Å². The molecule has 0 aliphatic heterocycles. The summed E-state index contributed by atoms with van der Waals surface area (Å²) in [6.07, 6.45) is 0. The summed E-state index contributed by atoms with van der Waals surface area (Å²) in [6, 6.07) is 6.39. The molecule has 0 aliphatic carbocycles. The molecule has 2 rings (SSSR count). The lowest BCUT2D eigenvalue weighted by Crippen LogP contribution is -2.15. The van der Waals surface area contributed by atoms with Gasteiger partial charge in [0.1, 0.15) is 11.6 Å². The molecule has 0 aromatic heterocycles. The van der Waals surface area contributed by atoms with Crippen LogP contribution in [0.3, 0.4) is 0 Å². The van der Waals surface area contributed by atoms with Crippen molar-refractivity contribution in [1.29, 1.82) is 0 Å². The Hall–Kier alpha value is -3.14. The Morgan fingerprint density at radius 2 is 1.81 bits per heavy atom. The predicted molar refractivity (Wildman–Crippen MR) is 91.5 cm³/mol. The molecule has 0 saturated heterocycles. The first-order chi connectivity index (χ1) is 12.1. The van der Waals surface area contributed by atoms with Gasteiger partial charge in [-0.05, 0) is 36.4 Å². The molecule has 8 nitrogen and oxygen atoms in total. The van der Waals surface area contributed by atoms with Crippen LogP contribution in [0.2, 0.25) is 0 Å². The van der Waals surface area contributed by atoms with E-state index in [1.807, 2.05) is 4.72 Å². The lowest BCUT2D eigenvalue weighted by atomic mass is 10.2. The number of carboxylic acid groups (broad SMARTS) is 1. The zero-order chi connectivity index (χ0) is 19.5. The average molecular weight is 382 g/mol. The van der Waals surface area contributed by atoms with Crippen LogP contribution in [0.15, 0.2) is 41.3 Å². The molecular formula is C16H15FN2O6S. The smallest absolute Gasteiger partial charge is 0.335 e. The number of methoxy groups -OCH3 is 1. The van der Waals surface area contributed by atoms with Crippen molar-refractivity contribution in [3.63, 3.8) is 0 Å². The van der Waals surface area contributed by atoms with Crippen LogP contribution in [-0.2, 0) is 14.8 Å². The molecular weight excluding hydrogens is 367 g/mol. The van der Waals surface area contributed by atoms with Crippen LogP contribution in [0, 0.1) is 5.82 Å². The van der Waals surface area contributed by atoms with Gasteiger partial charge in [-0.25, -0.2) is 17.6 Å². The highest BCUT2D eigenvalue weighted by Gasteiger charge is 2.20. The number of aromatic carboxylic acids is 1. The number of nitrogens with one attached hydrogen (secondary N) is 2. The number of carbonyl (C=O) groups excluding carboxylic acids is 1. The number of amides is 1. The van der Waals surface area contributed by atoms with Crippen LogP contribution in [0.1, 0.15) is 17.3 Å². The summed E-state index contributed by atoms with van der Waals surface area (Å²) in [5, 5.41) is 11.4. The molecule has 1 amide bonds. The first kappa shape index (κ1) is 19.2. The minimum absolute atomic E-state index is 0.114. The topological polar surface area (TPSA) is 122 Å². The van der Waals surface area contributed by atoms with Crippen molar-refractivity contribution < 1.29 is 32.2 Å². The Balaban J connectivity index is 2.43. The number of hydrogen-bond donors (Lipinski definition) is 3. The molecule has 2 aromatic rings.